The molecule has 1 atom stereocenters. The van der Waals surface area contributed by atoms with Gasteiger partial charge >= 0.3 is 0 Å². The van der Waals surface area contributed by atoms with Crippen molar-refractivity contribution in [2.75, 3.05) is 19.6 Å². The van der Waals surface area contributed by atoms with E-state index in [2.05, 4.69) is 9.62 Å². The minimum absolute atomic E-state index is 0.161. The fourth-order valence-corrected chi connectivity index (χ4v) is 4.52. The van der Waals surface area contributed by atoms with Crippen LogP contribution in [-0.4, -0.2) is 38.2 Å². The molecule has 1 aromatic carbocycles. The van der Waals surface area contributed by atoms with Crippen molar-refractivity contribution in [3.63, 3.8) is 0 Å². The van der Waals surface area contributed by atoms with Crippen molar-refractivity contribution in [2.24, 2.45) is 5.92 Å². The van der Waals surface area contributed by atoms with Gasteiger partial charge in [0.1, 0.15) is 5.82 Å². The van der Waals surface area contributed by atoms with E-state index >= 15 is 0 Å². The second-order valence-corrected chi connectivity index (χ2v) is 8.47. The van der Waals surface area contributed by atoms with Gasteiger partial charge in [0.05, 0.1) is 5.25 Å². The molecule has 1 aliphatic carbocycles. The molecule has 1 saturated carbocycles. The van der Waals surface area contributed by atoms with Crippen LogP contribution in [0.1, 0.15) is 31.2 Å². The van der Waals surface area contributed by atoms with Crippen LogP contribution >= 0.6 is 0 Å². The number of rotatable bonds is 6. The fourth-order valence-electron chi connectivity index (χ4n) is 3.06. The highest BCUT2D eigenvalue weighted by molar-refractivity contribution is 7.90. The van der Waals surface area contributed by atoms with Gasteiger partial charge in [-0.2, -0.15) is 0 Å². The SMILES string of the molecule is O=S(=O)(NCC1CCCN(Cc2ccccc2F)C1)C1CC1. The number of hydrogen-bond acceptors (Lipinski definition) is 3. The number of hydrogen-bond donors (Lipinski definition) is 1. The lowest BCUT2D eigenvalue weighted by atomic mass is 9.98. The molecule has 122 valence electrons. The van der Waals surface area contributed by atoms with E-state index in [1.54, 1.807) is 6.07 Å². The maximum atomic E-state index is 13.7. The lowest BCUT2D eigenvalue weighted by Crippen LogP contribution is -2.41. The van der Waals surface area contributed by atoms with Gasteiger partial charge < -0.3 is 0 Å². The van der Waals surface area contributed by atoms with Gasteiger partial charge in [-0.05, 0) is 44.2 Å². The third-order valence-corrected chi connectivity index (χ3v) is 6.41. The summed E-state index contributed by atoms with van der Waals surface area (Å²) in [5.74, 6) is 0.146. The summed E-state index contributed by atoms with van der Waals surface area (Å²) < 4.78 is 40.2. The van der Waals surface area contributed by atoms with Crippen LogP contribution in [0.2, 0.25) is 0 Å². The van der Waals surface area contributed by atoms with Gasteiger partial charge in [-0.15, -0.1) is 0 Å². The summed E-state index contributed by atoms with van der Waals surface area (Å²) in [6, 6.07) is 6.85. The fraction of sp³-hybridized carbons (Fsp3) is 0.625. The first-order valence-corrected chi connectivity index (χ1v) is 9.53. The van der Waals surface area contributed by atoms with Gasteiger partial charge in [-0.25, -0.2) is 17.5 Å². The molecule has 4 nitrogen and oxygen atoms in total. The van der Waals surface area contributed by atoms with Crippen molar-refractivity contribution in [1.82, 2.24) is 9.62 Å². The molecule has 1 heterocycles. The highest BCUT2D eigenvalue weighted by Gasteiger charge is 2.36. The van der Waals surface area contributed by atoms with Crippen LogP contribution in [0.25, 0.3) is 0 Å². The molecule has 1 saturated heterocycles. The average molecular weight is 326 g/mol. The van der Waals surface area contributed by atoms with E-state index in [-0.39, 0.29) is 11.1 Å². The molecule has 1 aromatic rings. The number of nitrogens with zero attached hydrogens (tertiary/aromatic N) is 1. The molecule has 1 unspecified atom stereocenters. The topological polar surface area (TPSA) is 49.4 Å². The van der Waals surface area contributed by atoms with Crippen molar-refractivity contribution in [2.45, 2.75) is 37.5 Å². The molecule has 1 N–H and O–H groups in total. The van der Waals surface area contributed by atoms with E-state index in [0.29, 0.717) is 24.6 Å². The lowest BCUT2D eigenvalue weighted by molar-refractivity contribution is 0.167. The van der Waals surface area contributed by atoms with Crippen LogP contribution in [0, 0.1) is 11.7 Å². The summed E-state index contributed by atoms with van der Waals surface area (Å²) in [6.45, 7) is 2.87. The summed E-state index contributed by atoms with van der Waals surface area (Å²) in [5, 5.41) is -0.161. The van der Waals surface area contributed by atoms with Crippen molar-refractivity contribution >= 4 is 10.0 Å². The van der Waals surface area contributed by atoms with Crippen molar-refractivity contribution in [3.8, 4) is 0 Å². The summed E-state index contributed by atoms with van der Waals surface area (Å²) in [5.41, 5.74) is 0.710. The van der Waals surface area contributed by atoms with Crippen LogP contribution in [0.15, 0.2) is 24.3 Å². The predicted molar refractivity (Wildman–Crippen MR) is 84.3 cm³/mol. The molecule has 2 fully saturated rings. The Morgan fingerprint density at radius 2 is 2.00 bits per heavy atom. The Labute approximate surface area is 131 Å². The van der Waals surface area contributed by atoms with E-state index in [4.69, 9.17) is 0 Å². The predicted octanol–water partition coefficient (Wildman–Crippen LogP) is 2.12. The maximum Gasteiger partial charge on any atom is 0.214 e. The van der Waals surface area contributed by atoms with E-state index in [1.807, 2.05) is 12.1 Å². The number of likely N-dealkylation sites (tertiary alicyclic amines) is 1. The van der Waals surface area contributed by atoms with Gasteiger partial charge in [0.2, 0.25) is 10.0 Å². The second-order valence-electron chi connectivity index (χ2n) is 6.43. The van der Waals surface area contributed by atoms with Crippen LogP contribution in [-0.2, 0) is 16.6 Å². The van der Waals surface area contributed by atoms with Crippen LogP contribution in [0.5, 0.6) is 0 Å². The van der Waals surface area contributed by atoms with Crippen LogP contribution < -0.4 is 4.72 Å². The summed E-state index contributed by atoms with van der Waals surface area (Å²) >= 11 is 0. The zero-order chi connectivity index (χ0) is 15.6. The van der Waals surface area contributed by atoms with Gasteiger partial charge in [0.25, 0.3) is 0 Å². The Hall–Kier alpha value is -0.980. The highest BCUT2D eigenvalue weighted by Crippen LogP contribution is 2.28. The van der Waals surface area contributed by atoms with E-state index in [9.17, 15) is 12.8 Å². The first kappa shape index (κ1) is 15.9. The van der Waals surface area contributed by atoms with Crippen LogP contribution in [0.3, 0.4) is 0 Å². The van der Waals surface area contributed by atoms with Crippen LogP contribution in [0.4, 0.5) is 4.39 Å². The molecule has 0 aromatic heterocycles. The molecule has 6 heteroatoms. The normalized spacial score (nSPS) is 23.6. The Kier molecular flexibility index (Phi) is 4.80. The zero-order valence-electron chi connectivity index (χ0n) is 12.7. The van der Waals surface area contributed by atoms with E-state index < -0.39 is 10.0 Å². The third kappa shape index (κ3) is 4.06. The first-order chi connectivity index (χ1) is 10.5. The molecule has 0 amide bonds. The number of piperidine rings is 1. The number of benzene rings is 1. The van der Waals surface area contributed by atoms with Gasteiger partial charge in [-0.1, -0.05) is 18.2 Å². The number of sulfonamides is 1. The van der Waals surface area contributed by atoms with E-state index in [1.165, 1.54) is 6.07 Å². The molecule has 3 rings (SSSR count). The maximum absolute atomic E-state index is 13.7. The third-order valence-electron chi connectivity index (χ3n) is 4.49. The van der Waals surface area contributed by atoms with Gasteiger partial charge in [-0.3, -0.25) is 4.90 Å². The Morgan fingerprint density at radius 3 is 2.73 bits per heavy atom. The second kappa shape index (κ2) is 6.64. The van der Waals surface area contributed by atoms with Crippen molar-refractivity contribution in [1.29, 1.82) is 0 Å². The largest absolute Gasteiger partial charge is 0.299 e. The molecule has 22 heavy (non-hydrogen) atoms. The lowest BCUT2D eigenvalue weighted by Gasteiger charge is -2.32. The minimum atomic E-state index is -3.10. The Balaban J connectivity index is 1.52. The quantitative estimate of drug-likeness (QED) is 0.871. The summed E-state index contributed by atoms with van der Waals surface area (Å²) in [7, 11) is -3.10. The number of halogens is 1. The highest BCUT2D eigenvalue weighted by atomic mass is 32.2. The first-order valence-electron chi connectivity index (χ1n) is 7.99. The van der Waals surface area contributed by atoms with Crippen molar-refractivity contribution < 1.29 is 12.8 Å². The molecule has 0 spiro atoms. The Bertz CT molecular complexity index is 616. The molecule has 2 aliphatic rings. The Morgan fingerprint density at radius 1 is 1.23 bits per heavy atom. The molecular weight excluding hydrogens is 303 g/mol. The average Bonchev–Trinajstić information content (AvgIpc) is 3.33. The van der Waals surface area contributed by atoms with Crippen molar-refractivity contribution in [3.05, 3.63) is 35.6 Å². The zero-order valence-corrected chi connectivity index (χ0v) is 13.5. The minimum Gasteiger partial charge on any atom is -0.299 e. The smallest absolute Gasteiger partial charge is 0.214 e. The van der Waals surface area contributed by atoms with Gasteiger partial charge in [0.15, 0.2) is 0 Å². The molecule has 1 aliphatic heterocycles. The van der Waals surface area contributed by atoms with Gasteiger partial charge in [0, 0.05) is 25.2 Å². The summed E-state index contributed by atoms with van der Waals surface area (Å²) in [4.78, 5) is 2.22. The molecular formula is C16H23FN2O2S. The monoisotopic (exact) mass is 326 g/mol. The molecule has 0 radical (unpaired) electrons. The summed E-state index contributed by atoms with van der Waals surface area (Å²) in [6.07, 6.45) is 3.64. The number of nitrogens with one attached hydrogen (secondary N) is 1. The standard InChI is InChI=1S/C16H23FN2O2S/c17-16-6-2-1-5-14(16)12-19-9-3-4-13(11-19)10-18-22(20,21)15-7-8-15/h1-2,5-6,13,15,18H,3-4,7-12H2. The molecule has 0 bridgehead atoms. The van der Waals surface area contributed by atoms with E-state index in [0.717, 1.165) is 38.8 Å².